The van der Waals surface area contributed by atoms with Gasteiger partial charge < -0.3 is 5.32 Å². The third-order valence-corrected chi connectivity index (χ3v) is 4.50. The van der Waals surface area contributed by atoms with Crippen molar-refractivity contribution in [1.29, 1.82) is 0 Å². The molecule has 0 saturated carbocycles. The molecule has 2 aromatic carbocycles. The normalized spacial score (nSPS) is 11.9. The quantitative estimate of drug-likeness (QED) is 0.636. The Morgan fingerprint density at radius 2 is 1.53 bits per heavy atom. The molecule has 0 bridgehead atoms. The highest BCUT2D eigenvalue weighted by Gasteiger charge is 2.33. The van der Waals surface area contributed by atoms with Gasteiger partial charge in [0.05, 0.1) is 11.3 Å². The van der Waals surface area contributed by atoms with Crippen LogP contribution in [0.5, 0.6) is 0 Å². The summed E-state index contributed by atoms with van der Waals surface area (Å²) < 4.78 is 52.2. The average Bonchev–Trinajstić information content (AvgIpc) is 2.68. The van der Waals surface area contributed by atoms with Crippen molar-refractivity contribution in [2.24, 2.45) is 0 Å². The molecule has 0 spiro atoms. The number of carbonyl (C=O) groups is 1. The maximum atomic E-state index is 13.1. The highest BCUT2D eigenvalue weighted by atomic mass is 19.4. The lowest BCUT2D eigenvalue weighted by molar-refractivity contribution is -0.137. The zero-order chi connectivity index (χ0) is 22.1. The summed E-state index contributed by atoms with van der Waals surface area (Å²) >= 11 is 0. The van der Waals surface area contributed by atoms with Gasteiger partial charge in [0.15, 0.2) is 0 Å². The molecular formula is C21H17F4N3O2. The number of benzene rings is 2. The SMILES string of the molecule is CC(C)(C(=O)Nc1ccc(C(F)(F)F)cc1)n1nc(-c2ccc(F)cc2)ccc1=O. The molecule has 3 rings (SSSR count). The molecule has 0 aliphatic carbocycles. The Balaban J connectivity index is 1.88. The summed E-state index contributed by atoms with van der Waals surface area (Å²) in [6, 6.07) is 12.1. The van der Waals surface area contributed by atoms with Crippen LogP contribution < -0.4 is 10.9 Å². The number of rotatable bonds is 4. The Hall–Kier alpha value is -3.49. The van der Waals surface area contributed by atoms with Crippen LogP contribution in [0.2, 0.25) is 0 Å². The number of hydrogen-bond donors (Lipinski definition) is 1. The molecule has 5 nitrogen and oxygen atoms in total. The predicted molar refractivity (Wildman–Crippen MR) is 103 cm³/mol. The second-order valence-electron chi connectivity index (χ2n) is 7.06. The Bertz CT molecular complexity index is 1120. The minimum absolute atomic E-state index is 0.142. The first-order chi connectivity index (χ1) is 14.0. The number of hydrogen-bond acceptors (Lipinski definition) is 3. The number of aromatic nitrogens is 2. The van der Waals surface area contributed by atoms with Crippen molar-refractivity contribution in [3.05, 3.63) is 82.4 Å². The van der Waals surface area contributed by atoms with E-state index in [2.05, 4.69) is 10.4 Å². The molecule has 9 heteroatoms. The van der Waals surface area contributed by atoms with Crippen molar-refractivity contribution in [2.45, 2.75) is 25.6 Å². The van der Waals surface area contributed by atoms with Gasteiger partial charge in [-0.3, -0.25) is 9.59 Å². The van der Waals surface area contributed by atoms with Gasteiger partial charge in [-0.2, -0.15) is 18.3 Å². The van der Waals surface area contributed by atoms with Gasteiger partial charge in [-0.05, 0) is 68.4 Å². The number of nitrogens with zero attached hydrogens (tertiary/aromatic N) is 2. The zero-order valence-electron chi connectivity index (χ0n) is 16.0. The fourth-order valence-corrected chi connectivity index (χ4v) is 2.71. The van der Waals surface area contributed by atoms with E-state index in [4.69, 9.17) is 0 Å². The molecule has 0 radical (unpaired) electrons. The fourth-order valence-electron chi connectivity index (χ4n) is 2.71. The predicted octanol–water partition coefficient (Wildman–Crippen LogP) is 4.44. The topological polar surface area (TPSA) is 64.0 Å². The van der Waals surface area contributed by atoms with Crippen molar-refractivity contribution < 1.29 is 22.4 Å². The first kappa shape index (κ1) is 21.2. The summed E-state index contributed by atoms with van der Waals surface area (Å²) in [7, 11) is 0. The Morgan fingerprint density at radius 3 is 2.10 bits per heavy atom. The van der Waals surface area contributed by atoms with Gasteiger partial charge in [-0.1, -0.05) is 0 Å². The van der Waals surface area contributed by atoms with Crippen molar-refractivity contribution in [2.75, 3.05) is 5.32 Å². The van der Waals surface area contributed by atoms with E-state index < -0.39 is 34.6 Å². The van der Waals surface area contributed by atoms with Crippen LogP contribution in [-0.4, -0.2) is 15.7 Å². The summed E-state index contributed by atoms with van der Waals surface area (Å²) in [6.07, 6.45) is -4.49. The Kier molecular flexibility index (Phi) is 5.47. The van der Waals surface area contributed by atoms with E-state index in [1.54, 1.807) is 0 Å². The lowest BCUT2D eigenvalue weighted by atomic mass is 10.0. The van der Waals surface area contributed by atoms with Crippen LogP contribution in [0.25, 0.3) is 11.3 Å². The first-order valence-corrected chi connectivity index (χ1v) is 8.84. The van der Waals surface area contributed by atoms with Crippen LogP contribution in [0.3, 0.4) is 0 Å². The van der Waals surface area contributed by atoms with Crippen LogP contribution in [0.4, 0.5) is 23.2 Å². The van der Waals surface area contributed by atoms with Gasteiger partial charge >= 0.3 is 6.18 Å². The second kappa shape index (κ2) is 7.74. The number of nitrogens with one attached hydrogen (secondary N) is 1. The highest BCUT2D eigenvalue weighted by molar-refractivity contribution is 5.96. The Morgan fingerprint density at radius 1 is 0.933 bits per heavy atom. The molecule has 0 aliphatic rings. The molecule has 3 aromatic rings. The van der Waals surface area contributed by atoms with Crippen molar-refractivity contribution in [3.63, 3.8) is 0 Å². The molecule has 0 fully saturated rings. The largest absolute Gasteiger partial charge is 0.416 e. The van der Waals surface area contributed by atoms with Gasteiger partial charge in [0, 0.05) is 17.3 Å². The van der Waals surface area contributed by atoms with Gasteiger partial charge in [0.25, 0.3) is 11.5 Å². The van der Waals surface area contributed by atoms with E-state index >= 15 is 0 Å². The van der Waals surface area contributed by atoms with Crippen molar-refractivity contribution in [3.8, 4) is 11.3 Å². The van der Waals surface area contributed by atoms with Crippen LogP contribution in [0.1, 0.15) is 19.4 Å². The van der Waals surface area contributed by atoms with Crippen LogP contribution in [0.15, 0.2) is 65.5 Å². The van der Waals surface area contributed by atoms with Gasteiger partial charge in [0.1, 0.15) is 11.4 Å². The number of amides is 1. The molecule has 0 saturated heterocycles. The Labute approximate surface area is 169 Å². The number of alkyl halides is 3. The minimum atomic E-state index is -4.49. The molecule has 0 atom stereocenters. The number of carbonyl (C=O) groups excluding carboxylic acids is 1. The monoisotopic (exact) mass is 419 g/mol. The lowest BCUT2D eigenvalue weighted by Crippen LogP contribution is -2.47. The van der Waals surface area contributed by atoms with Gasteiger partial charge in [0.2, 0.25) is 0 Å². The van der Waals surface area contributed by atoms with E-state index in [9.17, 15) is 27.2 Å². The standard InChI is InChI=1S/C21H17F4N3O2/c1-20(2,19(30)26-16-9-5-14(6-10-16)21(23,24)25)28-18(29)12-11-17(27-28)13-3-7-15(22)8-4-13/h3-12H,1-2H3,(H,26,30). The summed E-state index contributed by atoms with van der Waals surface area (Å²) in [5.74, 6) is -1.07. The zero-order valence-corrected chi connectivity index (χ0v) is 16.0. The van der Waals surface area contributed by atoms with E-state index in [-0.39, 0.29) is 5.69 Å². The molecule has 0 unspecified atom stereocenters. The van der Waals surface area contributed by atoms with Crippen molar-refractivity contribution in [1.82, 2.24) is 9.78 Å². The van der Waals surface area contributed by atoms with Crippen LogP contribution in [-0.2, 0) is 16.5 Å². The molecule has 156 valence electrons. The maximum absolute atomic E-state index is 13.1. The van der Waals surface area contributed by atoms with E-state index in [1.807, 2.05) is 0 Å². The van der Waals surface area contributed by atoms with Crippen LogP contribution in [0, 0.1) is 5.82 Å². The lowest BCUT2D eigenvalue weighted by Gasteiger charge is -2.25. The minimum Gasteiger partial charge on any atom is -0.324 e. The first-order valence-electron chi connectivity index (χ1n) is 8.84. The third kappa shape index (κ3) is 4.40. The van der Waals surface area contributed by atoms with Crippen molar-refractivity contribution >= 4 is 11.6 Å². The second-order valence-corrected chi connectivity index (χ2v) is 7.06. The molecule has 1 N–H and O–H groups in total. The average molecular weight is 419 g/mol. The van der Waals surface area contributed by atoms with E-state index in [1.165, 1.54) is 50.2 Å². The molecule has 1 amide bonds. The molecule has 30 heavy (non-hydrogen) atoms. The molecule has 0 aliphatic heterocycles. The number of anilines is 1. The third-order valence-electron chi connectivity index (χ3n) is 4.50. The molecular weight excluding hydrogens is 402 g/mol. The molecule has 1 heterocycles. The highest BCUT2D eigenvalue weighted by Crippen LogP contribution is 2.30. The number of halogens is 4. The summed E-state index contributed by atoms with van der Waals surface area (Å²) in [5, 5.41) is 6.72. The van der Waals surface area contributed by atoms with Crippen LogP contribution >= 0.6 is 0 Å². The van der Waals surface area contributed by atoms with Gasteiger partial charge in [-0.15, -0.1) is 0 Å². The van der Waals surface area contributed by atoms with E-state index in [0.29, 0.717) is 11.3 Å². The summed E-state index contributed by atoms with van der Waals surface area (Å²) in [4.78, 5) is 25.1. The smallest absolute Gasteiger partial charge is 0.324 e. The summed E-state index contributed by atoms with van der Waals surface area (Å²) in [6.45, 7) is 2.91. The summed E-state index contributed by atoms with van der Waals surface area (Å²) in [5.41, 5.74) is -1.81. The fraction of sp³-hybridized carbons (Fsp3) is 0.190. The molecule has 1 aromatic heterocycles. The van der Waals surface area contributed by atoms with Gasteiger partial charge in [-0.25, -0.2) is 9.07 Å². The maximum Gasteiger partial charge on any atom is 0.416 e. The van der Waals surface area contributed by atoms with E-state index in [0.717, 1.165) is 28.9 Å².